The standard InChI is InChI=1S/C24H21BrCl2N2O2/c25-19-2-8-24(31-16-17-1-3-20(26)14-23(17)27)18(13-19)15-28-21-4-6-22(7-5-21)29-9-11-30-12-10-29/h1-8,13-15H,9-12,16H2. The van der Waals surface area contributed by atoms with Gasteiger partial charge in [0.2, 0.25) is 0 Å². The Kier molecular flexibility index (Phi) is 7.51. The van der Waals surface area contributed by atoms with Gasteiger partial charge in [-0.1, -0.05) is 45.2 Å². The number of ether oxygens (including phenoxy) is 2. The summed E-state index contributed by atoms with van der Waals surface area (Å²) in [4.78, 5) is 6.95. The summed E-state index contributed by atoms with van der Waals surface area (Å²) >= 11 is 15.8. The van der Waals surface area contributed by atoms with Gasteiger partial charge in [0.05, 0.1) is 18.9 Å². The van der Waals surface area contributed by atoms with Crippen molar-refractivity contribution in [2.24, 2.45) is 4.99 Å². The number of nitrogens with zero attached hydrogens (tertiary/aromatic N) is 2. The smallest absolute Gasteiger partial charge is 0.128 e. The van der Waals surface area contributed by atoms with E-state index < -0.39 is 0 Å². The van der Waals surface area contributed by atoms with Crippen molar-refractivity contribution in [2.45, 2.75) is 6.61 Å². The Morgan fingerprint density at radius 2 is 1.77 bits per heavy atom. The van der Waals surface area contributed by atoms with Crippen molar-refractivity contribution >= 4 is 56.7 Å². The number of halogens is 3. The Balaban J connectivity index is 1.47. The zero-order valence-corrected chi connectivity index (χ0v) is 19.8. The van der Waals surface area contributed by atoms with E-state index in [9.17, 15) is 0 Å². The first-order valence-corrected chi connectivity index (χ1v) is 11.5. The van der Waals surface area contributed by atoms with Crippen LogP contribution in [-0.2, 0) is 11.3 Å². The highest BCUT2D eigenvalue weighted by molar-refractivity contribution is 9.10. The molecule has 1 saturated heterocycles. The number of benzene rings is 3. The SMILES string of the molecule is Clc1ccc(COc2ccc(Br)cc2C=Nc2ccc(N3CCOCC3)cc2)c(Cl)c1. The highest BCUT2D eigenvalue weighted by atomic mass is 79.9. The van der Waals surface area contributed by atoms with Crippen LogP contribution in [0.5, 0.6) is 5.75 Å². The Bertz CT molecular complexity index is 1070. The van der Waals surface area contributed by atoms with Crippen LogP contribution in [-0.4, -0.2) is 32.5 Å². The number of morpholine rings is 1. The monoisotopic (exact) mass is 518 g/mol. The minimum absolute atomic E-state index is 0.340. The molecule has 0 saturated carbocycles. The maximum atomic E-state index is 6.26. The molecule has 0 bridgehead atoms. The molecule has 0 N–H and O–H groups in total. The van der Waals surface area contributed by atoms with E-state index in [1.807, 2.05) is 42.6 Å². The van der Waals surface area contributed by atoms with Gasteiger partial charge in [0, 0.05) is 50.6 Å². The molecule has 1 aliphatic rings. The largest absolute Gasteiger partial charge is 0.488 e. The molecular weight excluding hydrogens is 499 g/mol. The van der Waals surface area contributed by atoms with Gasteiger partial charge in [-0.25, -0.2) is 0 Å². The van der Waals surface area contributed by atoms with Crippen LogP contribution in [0.2, 0.25) is 10.0 Å². The highest BCUT2D eigenvalue weighted by Gasteiger charge is 2.11. The van der Waals surface area contributed by atoms with Crippen molar-refractivity contribution in [3.63, 3.8) is 0 Å². The molecule has 0 atom stereocenters. The minimum atomic E-state index is 0.340. The topological polar surface area (TPSA) is 34.1 Å². The quantitative estimate of drug-likeness (QED) is 0.331. The summed E-state index contributed by atoms with van der Waals surface area (Å²) in [5.74, 6) is 0.725. The number of aliphatic imine (C=N–C) groups is 1. The molecule has 3 aromatic carbocycles. The molecule has 0 amide bonds. The lowest BCUT2D eigenvalue weighted by Gasteiger charge is -2.28. The van der Waals surface area contributed by atoms with Crippen LogP contribution in [0.1, 0.15) is 11.1 Å². The van der Waals surface area contributed by atoms with Crippen molar-refractivity contribution in [2.75, 3.05) is 31.2 Å². The Morgan fingerprint density at radius 3 is 2.52 bits per heavy atom. The minimum Gasteiger partial charge on any atom is -0.488 e. The molecule has 1 aliphatic heterocycles. The average Bonchev–Trinajstić information content (AvgIpc) is 2.79. The Labute approximate surface area is 200 Å². The molecular formula is C24H21BrCl2N2O2. The molecule has 160 valence electrons. The summed E-state index contributed by atoms with van der Waals surface area (Å²) in [7, 11) is 0. The lowest BCUT2D eigenvalue weighted by Crippen LogP contribution is -2.36. The van der Waals surface area contributed by atoms with E-state index in [4.69, 9.17) is 32.7 Å². The third-order valence-electron chi connectivity index (χ3n) is 4.95. The maximum Gasteiger partial charge on any atom is 0.128 e. The normalized spacial score (nSPS) is 14.2. The van der Waals surface area contributed by atoms with Crippen LogP contribution in [0.25, 0.3) is 0 Å². The number of anilines is 1. The molecule has 0 spiro atoms. The van der Waals surface area contributed by atoms with Crippen LogP contribution in [0.4, 0.5) is 11.4 Å². The maximum absolute atomic E-state index is 6.26. The lowest BCUT2D eigenvalue weighted by molar-refractivity contribution is 0.122. The van der Waals surface area contributed by atoms with E-state index >= 15 is 0 Å². The Morgan fingerprint density at radius 1 is 1.00 bits per heavy atom. The van der Waals surface area contributed by atoms with Crippen molar-refractivity contribution in [1.29, 1.82) is 0 Å². The molecule has 0 aliphatic carbocycles. The molecule has 0 unspecified atom stereocenters. The van der Waals surface area contributed by atoms with Gasteiger partial charge in [0.25, 0.3) is 0 Å². The summed E-state index contributed by atoms with van der Waals surface area (Å²) in [6.07, 6.45) is 1.81. The van der Waals surface area contributed by atoms with Gasteiger partial charge in [-0.15, -0.1) is 0 Å². The predicted molar refractivity (Wildman–Crippen MR) is 132 cm³/mol. The van der Waals surface area contributed by atoms with Crippen LogP contribution in [0, 0.1) is 0 Å². The molecule has 4 rings (SSSR count). The third-order valence-corrected chi connectivity index (χ3v) is 6.03. The van der Waals surface area contributed by atoms with E-state index in [0.717, 1.165) is 53.3 Å². The molecule has 0 radical (unpaired) electrons. The zero-order valence-electron chi connectivity index (χ0n) is 16.7. The Hall–Kier alpha value is -2.05. The van der Waals surface area contributed by atoms with Crippen molar-refractivity contribution in [3.8, 4) is 5.75 Å². The summed E-state index contributed by atoms with van der Waals surface area (Å²) < 4.78 is 12.4. The molecule has 4 nitrogen and oxygen atoms in total. The second-order valence-corrected chi connectivity index (χ2v) is 8.84. The van der Waals surface area contributed by atoms with Crippen LogP contribution >= 0.6 is 39.1 Å². The average molecular weight is 520 g/mol. The molecule has 7 heteroatoms. The van der Waals surface area contributed by atoms with Crippen molar-refractivity contribution in [3.05, 3.63) is 86.3 Å². The fourth-order valence-corrected chi connectivity index (χ4v) is 4.10. The molecule has 31 heavy (non-hydrogen) atoms. The van der Waals surface area contributed by atoms with E-state index in [1.54, 1.807) is 12.1 Å². The zero-order chi connectivity index (χ0) is 21.6. The van der Waals surface area contributed by atoms with Gasteiger partial charge in [-0.3, -0.25) is 4.99 Å². The first-order chi connectivity index (χ1) is 15.1. The first kappa shape index (κ1) is 22.2. The second-order valence-electron chi connectivity index (χ2n) is 7.08. The highest BCUT2D eigenvalue weighted by Crippen LogP contribution is 2.27. The van der Waals surface area contributed by atoms with Gasteiger partial charge in [-0.2, -0.15) is 0 Å². The number of rotatable bonds is 6. The van der Waals surface area contributed by atoms with Gasteiger partial charge < -0.3 is 14.4 Å². The van der Waals surface area contributed by atoms with Gasteiger partial charge in [0.15, 0.2) is 0 Å². The predicted octanol–water partition coefficient (Wildman–Crippen LogP) is 6.92. The summed E-state index contributed by atoms with van der Waals surface area (Å²) in [5, 5.41) is 1.19. The van der Waals surface area contributed by atoms with Gasteiger partial charge in [0.1, 0.15) is 12.4 Å². The van der Waals surface area contributed by atoms with E-state index in [1.165, 1.54) is 5.69 Å². The van der Waals surface area contributed by atoms with Crippen molar-refractivity contribution < 1.29 is 9.47 Å². The molecule has 1 fully saturated rings. The summed E-state index contributed by atoms with van der Waals surface area (Å²) in [6.45, 7) is 3.71. The van der Waals surface area contributed by atoms with Crippen LogP contribution in [0.15, 0.2) is 70.1 Å². The second kappa shape index (κ2) is 10.5. The number of hydrogen-bond donors (Lipinski definition) is 0. The van der Waals surface area contributed by atoms with Crippen LogP contribution < -0.4 is 9.64 Å². The lowest BCUT2D eigenvalue weighted by atomic mass is 10.2. The fraction of sp³-hybridized carbons (Fsp3) is 0.208. The van der Waals surface area contributed by atoms with Crippen molar-refractivity contribution in [1.82, 2.24) is 0 Å². The summed E-state index contributed by atoms with van der Waals surface area (Å²) in [5.41, 5.74) is 3.81. The van der Waals surface area contributed by atoms with E-state index in [2.05, 4.69) is 38.0 Å². The third kappa shape index (κ3) is 6.01. The van der Waals surface area contributed by atoms with Gasteiger partial charge >= 0.3 is 0 Å². The first-order valence-electron chi connectivity index (χ1n) is 9.91. The van der Waals surface area contributed by atoms with Crippen LogP contribution in [0.3, 0.4) is 0 Å². The van der Waals surface area contributed by atoms with E-state index in [0.29, 0.717) is 16.7 Å². The van der Waals surface area contributed by atoms with E-state index in [-0.39, 0.29) is 0 Å². The van der Waals surface area contributed by atoms with Gasteiger partial charge in [-0.05, 0) is 54.6 Å². The molecule has 3 aromatic rings. The molecule has 1 heterocycles. The summed E-state index contributed by atoms with van der Waals surface area (Å²) in [6, 6.07) is 19.4. The fourth-order valence-electron chi connectivity index (χ4n) is 3.26. The molecule has 0 aromatic heterocycles. The number of hydrogen-bond acceptors (Lipinski definition) is 4.